The van der Waals surface area contributed by atoms with E-state index in [1.807, 2.05) is 18.2 Å². The van der Waals surface area contributed by atoms with Crippen LogP contribution in [0, 0.1) is 5.92 Å². The second-order valence-electron chi connectivity index (χ2n) is 4.93. The molecule has 1 aliphatic rings. The lowest BCUT2D eigenvalue weighted by molar-refractivity contribution is 0.101. The van der Waals surface area contributed by atoms with Crippen molar-refractivity contribution in [3.05, 3.63) is 23.8 Å². The summed E-state index contributed by atoms with van der Waals surface area (Å²) in [5.41, 5.74) is 1.08. The Labute approximate surface area is 114 Å². The largest absolute Gasteiger partial charge is 0.454 e. The predicted octanol–water partition coefficient (Wildman–Crippen LogP) is 2.30. The van der Waals surface area contributed by atoms with Gasteiger partial charge in [-0.1, -0.05) is 38.8 Å². The van der Waals surface area contributed by atoms with Crippen LogP contribution in [0.1, 0.15) is 32.3 Å². The highest BCUT2D eigenvalue weighted by molar-refractivity contribution is 5.48. The Kier molecular flexibility index (Phi) is 5.05. The third-order valence-electron chi connectivity index (χ3n) is 3.74. The van der Waals surface area contributed by atoms with Crippen LogP contribution in [0.4, 0.5) is 0 Å². The molecule has 1 aromatic rings. The number of rotatable bonds is 7. The van der Waals surface area contributed by atoms with Gasteiger partial charge in [0.25, 0.3) is 0 Å². The summed E-state index contributed by atoms with van der Waals surface area (Å²) >= 11 is 0. The molecule has 1 atom stereocenters. The third kappa shape index (κ3) is 3.39. The first-order valence-corrected chi connectivity index (χ1v) is 7.02. The van der Waals surface area contributed by atoms with Gasteiger partial charge in [0.15, 0.2) is 11.5 Å². The average molecular weight is 265 g/mol. The topological polar surface area (TPSA) is 50.7 Å². The molecule has 106 valence electrons. The number of fused-ring (bicyclic) bond motifs is 1. The molecular weight excluding hydrogens is 242 g/mol. The molecule has 4 heteroatoms. The van der Waals surface area contributed by atoms with Crippen molar-refractivity contribution in [2.75, 3.05) is 13.3 Å². The van der Waals surface area contributed by atoms with E-state index < -0.39 is 0 Å². The van der Waals surface area contributed by atoms with Crippen molar-refractivity contribution in [1.82, 2.24) is 5.32 Å². The van der Waals surface area contributed by atoms with Crippen LogP contribution in [-0.2, 0) is 6.54 Å². The fourth-order valence-corrected chi connectivity index (χ4v) is 2.48. The average Bonchev–Trinajstić information content (AvgIpc) is 2.89. The van der Waals surface area contributed by atoms with Crippen molar-refractivity contribution in [2.45, 2.75) is 39.3 Å². The molecule has 1 aliphatic heterocycles. The van der Waals surface area contributed by atoms with E-state index in [1.165, 1.54) is 0 Å². The summed E-state index contributed by atoms with van der Waals surface area (Å²) in [4.78, 5) is 0. The first kappa shape index (κ1) is 14.2. The van der Waals surface area contributed by atoms with Gasteiger partial charge >= 0.3 is 0 Å². The lowest BCUT2D eigenvalue weighted by Gasteiger charge is -2.20. The Morgan fingerprint density at radius 1 is 1.26 bits per heavy atom. The van der Waals surface area contributed by atoms with Crippen LogP contribution in [0.15, 0.2) is 18.2 Å². The van der Waals surface area contributed by atoms with Gasteiger partial charge in [0.05, 0.1) is 6.10 Å². The Morgan fingerprint density at radius 3 is 2.79 bits per heavy atom. The monoisotopic (exact) mass is 265 g/mol. The van der Waals surface area contributed by atoms with Crippen LogP contribution in [0.2, 0.25) is 0 Å². The molecule has 0 radical (unpaired) electrons. The number of hydrogen-bond acceptors (Lipinski definition) is 4. The van der Waals surface area contributed by atoms with E-state index in [0.29, 0.717) is 25.8 Å². The van der Waals surface area contributed by atoms with Gasteiger partial charge in [-0.3, -0.25) is 0 Å². The smallest absolute Gasteiger partial charge is 0.231 e. The van der Waals surface area contributed by atoms with Crippen molar-refractivity contribution in [3.63, 3.8) is 0 Å². The fourth-order valence-electron chi connectivity index (χ4n) is 2.48. The third-order valence-corrected chi connectivity index (χ3v) is 3.74. The van der Waals surface area contributed by atoms with Crippen molar-refractivity contribution in [2.24, 2.45) is 5.92 Å². The minimum Gasteiger partial charge on any atom is -0.454 e. The van der Waals surface area contributed by atoms with Crippen molar-refractivity contribution >= 4 is 0 Å². The molecule has 0 fully saturated rings. The summed E-state index contributed by atoms with van der Waals surface area (Å²) in [6, 6.07) is 5.89. The molecule has 0 saturated carbocycles. The van der Waals surface area contributed by atoms with E-state index in [1.54, 1.807) is 0 Å². The highest BCUT2D eigenvalue weighted by Gasteiger charge is 2.18. The minimum atomic E-state index is -0.288. The molecule has 0 spiro atoms. The zero-order valence-electron chi connectivity index (χ0n) is 11.7. The molecule has 0 amide bonds. The SMILES string of the molecule is CCC(CC)C(O)CNCc1cccc2c1OCO2. The number of aliphatic hydroxyl groups is 1. The van der Waals surface area contributed by atoms with E-state index in [2.05, 4.69) is 19.2 Å². The van der Waals surface area contributed by atoms with Gasteiger partial charge in [-0.25, -0.2) is 0 Å². The number of benzene rings is 1. The number of ether oxygens (including phenoxy) is 2. The zero-order chi connectivity index (χ0) is 13.7. The molecule has 0 aromatic heterocycles. The fraction of sp³-hybridized carbons (Fsp3) is 0.600. The molecule has 1 unspecified atom stereocenters. The van der Waals surface area contributed by atoms with Crippen molar-refractivity contribution in [3.8, 4) is 11.5 Å². The zero-order valence-corrected chi connectivity index (χ0v) is 11.7. The lowest BCUT2D eigenvalue weighted by Crippen LogP contribution is -2.32. The van der Waals surface area contributed by atoms with Gasteiger partial charge in [-0.2, -0.15) is 0 Å². The van der Waals surface area contributed by atoms with Gasteiger partial charge in [0, 0.05) is 18.7 Å². The summed E-state index contributed by atoms with van der Waals surface area (Å²) in [7, 11) is 0. The lowest BCUT2D eigenvalue weighted by atomic mass is 9.96. The summed E-state index contributed by atoms with van der Waals surface area (Å²) in [6.45, 7) is 5.82. The highest BCUT2D eigenvalue weighted by Crippen LogP contribution is 2.35. The number of para-hydroxylation sites is 1. The van der Waals surface area contributed by atoms with Crippen LogP contribution < -0.4 is 14.8 Å². The minimum absolute atomic E-state index is 0.288. The van der Waals surface area contributed by atoms with Gasteiger partial charge < -0.3 is 19.9 Å². The maximum Gasteiger partial charge on any atom is 0.231 e. The highest BCUT2D eigenvalue weighted by atomic mass is 16.7. The van der Waals surface area contributed by atoms with E-state index in [4.69, 9.17) is 9.47 Å². The molecule has 0 aliphatic carbocycles. The van der Waals surface area contributed by atoms with Crippen LogP contribution >= 0.6 is 0 Å². The summed E-state index contributed by atoms with van der Waals surface area (Å²) in [5.74, 6) is 2.00. The predicted molar refractivity (Wildman–Crippen MR) is 74.4 cm³/mol. The molecule has 19 heavy (non-hydrogen) atoms. The molecule has 2 N–H and O–H groups in total. The van der Waals surface area contributed by atoms with Gasteiger partial charge in [0.1, 0.15) is 0 Å². The quantitative estimate of drug-likeness (QED) is 0.794. The molecule has 0 bridgehead atoms. The van der Waals surface area contributed by atoms with E-state index in [0.717, 1.165) is 29.9 Å². The number of nitrogens with one attached hydrogen (secondary N) is 1. The van der Waals surface area contributed by atoms with Crippen LogP contribution in [-0.4, -0.2) is 24.5 Å². The van der Waals surface area contributed by atoms with Crippen molar-refractivity contribution in [1.29, 1.82) is 0 Å². The summed E-state index contributed by atoms with van der Waals surface area (Å²) < 4.78 is 10.8. The Balaban J connectivity index is 1.85. The molecule has 1 heterocycles. The molecule has 0 saturated heterocycles. The van der Waals surface area contributed by atoms with E-state index in [9.17, 15) is 5.11 Å². The second kappa shape index (κ2) is 6.78. The molecular formula is C15H23NO3. The van der Waals surface area contributed by atoms with Gasteiger partial charge in [-0.15, -0.1) is 0 Å². The maximum atomic E-state index is 10.1. The maximum absolute atomic E-state index is 10.1. The number of aliphatic hydroxyl groups excluding tert-OH is 1. The molecule has 1 aromatic carbocycles. The van der Waals surface area contributed by atoms with Crippen LogP contribution in [0.25, 0.3) is 0 Å². The first-order chi connectivity index (χ1) is 9.26. The van der Waals surface area contributed by atoms with Gasteiger partial charge in [-0.05, 0) is 12.0 Å². The van der Waals surface area contributed by atoms with Crippen molar-refractivity contribution < 1.29 is 14.6 Å². The molecule has 2 rings (SSSR count). The Bertz CT molecular complexity index is 404. The van der Waals surface area contributed by atoms with Crippen LogP contribution in [0.5, 0.6) is 11.5 Å². The molecule has 4 nitrogen and oxygen atoms in total. The Hall–Kier alpha value is -1.26. The van der Waals surface area contributed by atoms with Crippen LogP contribution in [0.3, 0.4) is 0 Å². The van der Waals surface area contributed by atoms with Gasteiger partial charge in [0.2, 0.25) is 6.79 Å². The van der Waals surface area contributed by atoms with E-state index in [-0.39, 0.29) is 6.10 Å². The summed E-state index contributed by atoms with van der Waals surface area (Å²) in [5, 5.41) is 13.4. The number of hydrogen-bond donors (Lipinski definition) is 2. The standard InChI is InChI=1S/C15H23NO3/c1-3-11(4-2)13(17)9-16-8-12-6-5-7-14-15(12)19-10-18-14/h5-7,11,13,16-17H,3-4,8-10H2,1-2H3. The summed E-state index contributed by atoms with van der Waals surface area (Å²) in [6.07, 6.45) is 1.73. The first-order valence-electron chi connectivity index (χ1n) is 7.02. The Morgan fingerprint density at radius 2 is 2.05 bits per heavy atom. The normalized spacial score (nSPS) is 14.9. The van der Waals surface area contributed by atoms with E-state index >= 15 is 0 Å². The second-order valence-corrected chi connectivity index (χ2v) is 4.93.